The Labute approximate surface area is 103 Å². The van der Waals surface area contributed by atoms with E-state index in [4.69, 9.17) is 10.00 Å². The van der Waals surface area contributed by atoms with Crippen molar-refractivity contribution in [1.29, 1.82) is 5.26 Å². The lowest BCUT2D eigenvalue weighted by molar-refractivity contribution is 0.220. The maximum Gasteiger partial charge on any atom is 0.119 e. The van der Waals surface area contributed by atoms with Crippen molar-refractivity contribution in [2.24, 2.45) is 0 Å². The Hall–Kier alpha value is -1.53. The van der Waals surface area contributed by atoms with Crippen LogP contribution in [0.3, 0.4) is 0 Å². The smallest absolute Gasteiger partial charge is 0.119 e. The molecule has 0 radical (unpaired) electrons. The first-order valence-corrected chi connectivity index (χ1v) is 6.00. The van der Waals surface area contributed by atoms with E-state index in [2.05, 4.69) is 30.1 Å². The summed E-state index contributed by atoms with van der Waals surface area (Å²) in [5.41, 5.74) is 2.72. The predicted octanol–water partition coefficient (Wildman–Crippen LogP) is 2.53. The van der Waals surface area contributed by atoms with Crippen molar-refractivity contribution >= 4 is 0 Å². The van der Waals surface area contributed by atoms with Gasteiger partial charge >= 0.3 is 0 Å². The Kier molecular flexibility index (Phi) is 3.65. The molecule has 1 aromatic rings. The zero-order valence-corrected chi connectivity index (χ0v) is 10.4. The first kappa shape index (κ1) is 11.9. The lowest BCUT2D eigenvalue weighted by Gasteiger charge is -2.34. The fraction of sp³-hybridized carbons (Fsp3) is 0.500. The van der Waals surface area contributed by atoms with Gasteiger partial charge in [0.2, 0.25) is 0 Å². The monoisotopic (exact) mass is 230 g/mol. The van der Waals surface area contributed by atoms with Gasteiger partial charge in [0.15, 0.2) is 0 Å². The van der Waals surface area contributed by atoms with Crippen LogP contribution in [0.5, 0.6) is 5.75 Å². The van der Waals surface area contributed by atoms with E-state index in [1.807, 2.05) is 6.07 Å². The normalized spacial score (nSPS) is 19.5. The summed E-state index contributed by atoms with van der Waals surface area (Å²) >= 11 is 0. The van der Waals surface area contributed by atoms with Gasteiger partial charge in [-0.3, -0.25) is 4.90 Å². The third-order valence-electron chi connectivity index (χ3n) is 3.51. The summed E-state index contributed by atoms with van der Waals surface area (Å²) in [5.74, 6) is 0.904. The summed E-state index contributed by atoms with van der Waals surface area (Å²) in [6.45, 7) is 1.06. The molecule has 1 unspecified atom stereocenters. The Morgan fingerprint density at radius 1 is 1.53 bits per heavy atom. The molecule has 1 aliphatic rings. The zero-order valence-electron chi connectivity index (χ0n) is 10.4. The van der Waals surface area contributed by atoms with E-state index in [-0.39, 0.29) is 0 Å². The van der Waals surface area contributed by atoms with Crippen molar-refractivity contribution in [2.75, 3.05) is 20.7 Å². The predicted molar refractivity (Wildman–Crippen MR) is 66.9 cm³/mol. The minimum absolute atomic E-state index is 0.355. The van der Waals surface area contributed by atoms with Gasteiger partial charge in [-0.25, -0.2) is 0 Å². The summed E-state index contributed by atoms with van der Waals surface area (Å²) < 4.78 is 5.28. The highest BCUT2D eigenvalue weighted by atomic mass is 16.5. The van der Waals surface area contributed by atoms with Gasteiger partial charge in [-0.15, -0.1) is 0 Å². The van der Waals surface area contributed by atoms with Crippen molar-refractivity contribution in [3.05, 3.63) is 29.3 Å². The molecule has 0 saturated heterocycles. The summed E-state index contributed by atoms with van der Waals surface area (Å²) in [4.78, 5) is 2.33. The van der Waals surface area contributed by atoms with E-state index in [1.54, 1.807) is 7.11 Å². The molecule has 0 bridgehead atoms. The van der Waals surface area contributed by atoms with Crippen LogP contribution in [0.25, 0.3) is 0 Å². The molecule has 90 valence electrons. The third-order valence-corrected chi connectivity index (χ3v) is 3.51. The maximum atomic E-state index is 8.74. The molecule has 0 fully saturated rings. The Morgan fingerprint density at radius 3 is 3.06 bits per heavy atom. The van der Waals surface area contributed by atoms with Gasteiger partial charge in [-0.1, -0.05) is 6.07 Å². The quantitative estimate of drug-likeness (QED) is 0.800. The van der Waals surface area contributed by atoms with E-state index < -0.39 is 0 Å². The molecule has 0 saturated carbocycles. The zero-order chi connectivity index (χ0) is 12.3. The highest BCUT2D eigenvalue weighted by Gasteiger charge is 2.24. The second-order valence-corrected chi connectivity index (χ2v) is 4.51. The van der Waals surface area contributed by atoms with Crippen molar-refractivity contribution in [3.8, 4) is 11.8 Å². The average molecular weight is 230 g/mol. The number of benzene rings is 1. The topological polar surface area (TPSA) is 36.3 Å². The van der Waals surface area contributed by atoms with E-state index in [0.29, 0.717) is 12.5 Å². The lowest BCUT2D eigenvalue weighted by Crippen LogP contribution is -2.32. The van der Waals surface area contributed by atoms with Crippen LogP contribution < -0.4 is 4.74 Å². The van der Waals surface area contributed by atoms with Crippen LogP contribution in [-0.2, 0) is 6.42 Å². The largest absolute Gasteiger partial charge is 0.497 e. The van der Waals surface area contributed by atoms with Gasteiger partial charge < -0.3 is 4.74 Å². The van der Waals surface area contributed by atoms with Crippen LogP contribution >= 0.6 is 0 Å². The molecular formula is C14H18N2O. The van der Waals surface area contributed by atoms with Crippen LogP contribution in [0.1, 0.15) is 30.0 Å². The first-order chi connectivity index (χ1) is 8.26. The lowest BCUT2D eigenvalue weighted by atomic mass is 9.90. The van der Waals surface area contributed by atoms with Crippen molar-refractivity contribution in [3.63, 3.8) is 0 Å². The molecule has 2 rings (SSSR count). The van der Waals surface area contributed by atoms with Gasteiger partial charge in [0.1, 0.15) is 5.75 Å². The molecule has 0 spiro atoms. The van der Waals surface area contributed by atoms with Crippen LogP contribution in [0, 0.1) is 11.3 Å². The van der Waals surface area contributed by atoms with Gasteiger partial charge in [0, 0.05) is 19.0 Å². The van der Waals surface area contributed by atoms with Crippen LogP contribution in [0.15, 0.2) is 18.2 Å². The molecule has 17 heavy (non-hydrogen) atoms. The fourth-order valence-electron chi connectivity index (χ4n) is 2.51. The second-order valence-electron chi connectivity index (χ2n) is 4.51. The number of hydrogen-bond donors (Lipinski definition) is 0. The molecule has 0 aromatic heterocycles. The standard InChI is InChI=1S/C14H18N2O/c1-16-9-7-11-5-6-12(17-2)10-13(11)14(16)4-3-8-15/h5-6,10,14H,3-4,7,9H2,1-2H3. The number of likely N-dealkylation sites (N-methyl/N-ethyl adjacent to an activating group) is 1. The number of nitriles is 1. The van der Waals surface area contributed by atoms with Gasteiger partial charge in [0.05, 0.1) is 13.2 Å². The van der Waals surface area contributed by atoms with Gasteiger partial charge in [-0.05, 0) is 43.1 Å². The van der Waals surface area contributed by atoms with Crippen molar-refractivity contribution < 1.29 is 4.74 Å². The molecule has 0 N–H and O–H groups in total. The fourth-order valence-corrected chi connectivity index (χ4v) is 2.51. The van der Waals surface area contributed by atoms with Gasteiger partial charge in [0.25, 0.3) is 0 Å². The molecular weight excluding hydrogens is 212 g/mol. The Bertz CT molecular complexity index is 436. The van der Waals surface area contributed by atoms with Crippen LogP contribution in [0.2, 0.25) is 0 Å². The molecule has 1 atom stereocenters. The Morgan fingerprint density at radius 2 is 2.35 bits per heavy atom. The highest BCUT2D eigenvalue weighted by molar-refractivity contribution is 5.39. The molecule has 1 heterocycles. The number of rotatable bonds is 3. The van der Waals surface area contributed by atoms with E-state index >= 15 is 0 Å². The van der Waals surface area contributed by atoms with E-state index in [1.165, 1.54) is 11.1 Å². The van der Waals surface area contributed by atoms with Crippen molar-refractivity contribution in [1.82, 2.24) is 4.90 Å². The molecule has 3 heteroatoms. The van der Waals surface area contributed by atoms with Crippen LogP contribution in [0.4, 0.5) is 0 Å². The Balaban J connectivity index is 2.31. The number of fused-ring (bicyclic) bond motifs is 1. The first-order valence-electron chi connectivity index (χ1n) is 6.00. The van der Waals surface area contributed by atoms with Gasteiger partial charge in [-0.2, -0.15) is 5.26 Å². The SMILES string of the molecule is COc1ccc2c(c1)C(CCC#N)N(C)CC2. The van der Waals surface area contributed by atoms with Crippen molar-refractivity contribution in [2.45, 2.75) is 25.3 Å². The number of methoxy groups -OCH3 is 1. The number of nitrogens with zero attached hydrogens (tertiary/aromatic N) is 2. The molecule has 1 aromatic carbocycles. The highest BCUT2D eigenvalue weighted by Crippen LogP contribution is 2.34. The van der Waals surface area contributed by atoms with Crippen LogP contribution in [-0.4, -0.2) is 25.6 Å². The second kappa shape index (κ2) is 5.20. The maximum absolute atomic E-state index is 8.74. The average Bonchev–Trinajstić information content (AvgIpc) is 2.37. The summed E-state index contributed by atoms with van der Waals surface area (Å²) in [6, 6.07) is 8.88. The minimum atomic E-state index is 0.355. The third kappa shape index (κ3) is 2.42. The number of ether oxygens (including phenoxy) is 1. The molecule has 0 amide bonds. The summed E-state index contributed by atoms with van der Waals surface area (Å²) in [5, 5.41) is 8.74. The summed E-state index contributed by atoms with van der Waals surface area (Å²) in [7, 11) is 3.82. The van der Waals surface area contributed by atoms with E-state index in [9.17, 15) is 0 Å². The molecule has 0 aliphatic carbocycles. The molecule has 1 aliphatic heterocycles. The minimum Gasteiger partial charge on any atom is -0.497 e. The molecule has 3 nitrogen and oxygen atoms in total. The summed E-state index contributed by atoms with van der Waals surface area (Å²) in [6.07, 6.45) is 2.58. The number of hydrogen-bond acceptors (Lipinski definition) is 3. The van der Waals surface area contributed by atoms with E-state index in [0.717, 1.165) is 25.1 Å².